The highest BCUT2D eigenvalue weighted by Gasteiger charge is 2.08. The molecule has 0 spiro atoms. The van der Waals surface area contributed by atoms with Crippen LogP contribution in [0.1, 0.15) is 11.1 Å². The van der Waals surface area contributed by atoms with E-state index in [4.69, 9.17) is 27.9 Å². The summed E-state index contributed by atoms with van der Waals surface area (Å²) in [7, 11) is 0. The summed E-state index contributed by atoms with van der Waals surface area (Å²) in [5, 5.41) is 0.445. The maximum atomic E-state index is 6.08. The number of alkyl halides is 1. The summed E-state index contributed by atoms with van der Waals surface area (Å²) in [6, 6.07) is 7.55. The number of pyridine rings is 1. The minimum atomic E-state index is 0.370. The molecular formula is C13H10BrCl2NO. The second-order valence-electron chi connectivity index (χ2n) is 3.80. The molecule has 0 aliphatic heterocycles. The molecule has 1 aromatic carbocycles. The fourth-order valence-electron chi connectivity index (χ4n) is 1.41. The van der Waals surface area contributed by atoms with Crippen LogP contribution in [-0.2, 0) is 5.88 Å². The van der Waals surface area contributed by atoms with Gasteiger partial charge in [0.1, 0.15) is 10.8 Å². The Kier molecular flexibility index (Phi) is 4.49. The Morgan fingerprint density at radius 2 is 2.11 bits per heavy atom. The van der Waals surface area contributed by atoms with Crippen molar-refractivity contribution >= 4 is 39.1 Å². The van der Waals surface area contributed by atoms with Crippen molar-refractivity contribution in [1.82, 2.24) is 4.98 Å². The Morgan fingerprint density at radius 3 is 2.72 bits per heavy atom. The van der Waals surface area contributed by atoms with Crippen LogP contribution in [0.5, 0.6) is 11.6 Å². The molecule has 2 rings (SSSR count). The zero-order valence-electron chi connectivity index (χ0n) is 9.58. The van der Waals surface area contributed by atoms with E-state index in [1.807, 2.05) is 25.1 Å². The number of nitrogens with zero attached hydrogens (tertiary/aromatic N) is 1. The van der Waals surface area contributed by atoms with Gasteiger partial charge in [0.2, 0.25) is 5.88 Å². The zero-order chi connectivity index (χ0) is 13.1. The zero-order valence-corrected chi connectivity index (χ0v) is 12.7. The summed E-state index contributed by atoms with van der Waals surface area (Å²) in [5.74, 6) is 1.42. The van der Waals surface area contributed by atoms with Crippen molar-refractivity contribution in [2.45, 2.75) is 12.8 Å². The molecule has 0 amide bonds. The molecule has 0 N–H and O–H groups in total. The van der Waals surface area contributed by atoms with Gasteiger partial charge in [-0.2, -0.15) is 0 Å². The molecule has 0 aliphatic carbocycles. The predicted molar refractivity (Wildman–Crippen MR) is 77.8 cm³/mol. The van der Waals surface area contributed by atoms with Crippen LogP contribution in [-0.4, -0.2) is 4.98 Å². The van der Waals surface area contributed by atoms with Gasteiger partial charge in [-0.05, 0) is 52.2 Å². The van der Waals surface area contributed by atoms with E-state index in [2.05, 4.69) is 20.9 Å². The van der Waals surface area contributed by atoms with Crippen LogP contribution in [0.15, 0.2) is 34.9 Å². The van der Waals surface area contributed by atoms with Gasteiger partial charge in [0, 0.05) is 12.1 Å². The minimum Gasteiger partial charge on any atom is -0.436 e. The van der Waals surface area contributed by atoms with Crippen LogP contribution in [0.25, 0.3) is 0 Å². The smallest absolute Gasteiger partial charge is 0.238 e. The highest BCUT2D eigenvalue weighted by molar-refractivity contribution is 9.10. The second-order valence-corrected chi connectivity index (χ2v) is 5.33. The number of hydrogen-bond acceptors (Lipinski definition) is 2. The largest absolute Gasteiger partial charge is 0.436 e. The number of halogens is 3. The van der Waals surface area contributed by atoms with E-state index in [0.29, 0.717) is 22.5 Å². The van der Waals surface area contributed by atoms with E-state index in [-0.39, 0.29) is 0 Å². The summed E-state index contributed by atoms with van der Waals surface area (Å²) >= 11 is 15.2. The van der Waals surface area contributed by atoms with E-state index < -0.39 is 0 Å². The van der Waals surface area contributed by atoms with Gasteiger partial charge < -0.3 is 4.74 Å². The number of rotatable bonds is 3. The van der Waals surface area contributed by atoms with Crippen molar-refractivity contribution in [3.63, 3.8) is 0 Å². The first-order valence-corrected chi connectivity index (χ1v) is 6.95. The van der Waals surface area contributed by atoms with Gasteiger partial charge in [-0.25, -0.2) is 4.98 Å². The van der Waals surface area contributed by atoms with Gasteiger partial charge in [-0.3, -0.25) is 0 Å². The molecule has 0 atom stereocenters. The monoisotopic (exact) mass is 345 g/mol. The maximum Gasteiger partial charge on any atom is 0.238 e. The molecule has 1 aromatic heterocycles. The van der Waals surface area contributed by atoms with Crippen LogP contribution in [0.3, 0.4) is 0 Å². The van der Waals surface area contributed by atoms with Crippen molar-refractivity contribution in [3.05, 3.63) is 51.1 Å². The summed E-state index contributed by atoms with van der Waals surface area (Å²) < 4.78 is 6.52. The van der Waals surface area contributed by atoms with E-state index in [1.54, 1.807) is 12.3 Å². The number of hydrogen-bond donors (Lipinski definition) is 0. The Balaban J connectivity index is 2.28. The van der Waals surface area contributed by atoms with E-state index in [9.17, 15) is 0 Å². The van der Waals surface area contributed by atoms with Crippen molar-refractivity contribution in [2.75, 3.05) is 0 Å². The lowest BCUT2D eigenvalue weighted by atomic mass is 10.2. The standard InChI is InChI=1S/C13H10BrCl2NO/c1-8-2-3-12(10(14)4-8)18-13-11(16)5-9(6-15)7-17-13/h2-5,7H,6H2,1H3. The summed E-state index contributed by atoms with van der Waals surface area (Å²) in [6.45, 7) is 2.01. The molecule has 1 heterocycles. The fourth-order valence-corrected chi connectivity index (χ4v) is 2.35. The van der Waals surface area contributed by atoms with Crippen molar-refractivity contribution in [3.8, 4) is 11.6 Å². The molecule has 94 valence electrons. The number of aromatic nitrogens is 1. The van der Waals surface area contributed by atoms with Crippen LogP contribution in [0.2, 0.25) is 5.02 Å². The first kappa shape index (κ1) is 13.7. The molecule has 2 nitrogen and oxygen atoms in total. The van der Waals surface area contributed by atoms with Crippen LogP contribution in [0.4, 0.5) is 0 Å². The predicted octanol–water partition coefficient (Wildman–Crippen LogP) is 5.34. The molecule has 0 radical (unpaired) electrons. The van der Waals surface area contributed by atoms with Crippen molar-refractivity contribution < 1.29 is 4.74 Å². The Labute approximate surface area is 124 Å². The van der Waals surface area contributed by atoms with E-state index >= 15 is 0 Å². The molecule has 0 bridgehead atoms. The van der Waals surface area contributed by atoms with E-state index in [0.717, 1.165) is 15.6 Å². The van der Waals surface area contributed by atoms with Crippen LogP contribution in [0, 0.1) is 6.92 Å². The number of aryl methyl sites for hydroxylation is 1. The highest BCUT2D eigenvalue weighted by atomic mass is 79.9. The summed E-state index contributed by atoms with van der Waals surface area (Å²) in [6.07, 6.45) is 1.65. The Hall–Kier alpha value is -0.770. The molecule has 2 aromatic rings. The topological polar surface area (TPSA) is 22.1 Å². The molecule has 0 saturated heterocycles. The summed E-state index contributed by atoms with van der Waals surface area (Å²) in [4.78, 5) is 4.15. The SMILES string of the molecule is Cc1ccc(Oc2ncc(CCl)cc2Cl)c(Br)c1. The molecular weight excluding hydrogens is 337 g/mol. The normalized spacial score (nSPS) is 10.4. The van der Waals surface area contributed by atoms with Crippen molar-refractivity contribution in [2.24, 2.45) is 0 Å². The lowest BCUT2D eigenvalue weighted by molar-refractivity contribution is 0.460. The third kappa shape index (κ3) is 3.16. The molecule has 0 aliphatic rings. The van der Waals surface area contributed by atoms with Gasteiger partial charge in [0.15, 0.2) is 0 Å². The van der Waals surface area contributed by atoms with E-state index in [1.165, 1.54) is 0 Å². The third-order valence-corrected chi connectivity index (χ3v) is 3.51. The van der Waals surface area contributed by atoms with Crippen molar-refractivity contribution in [1.29, 1.82) is 0 Å². The lowest BCUT2D eigenvalue weighted by Crippen LogP contribution is -1.92. The molecule has 0 fully saturated rings. The average molecular weight is 347 g/mol. The van der Waals surface area contributed by atoms with Crippen LogP contribution < -0.4 is 4.74 Å². The van der Waals surface area contributed by atoms with Gasteiger partial charge in [-0.15, -0.1) is 11.6 Å². The first-order valence-electron chi connectivity index (χ1n) is 5.24. The second kappa shape index (κ2) is 5.91. The lowest BCUT2D eigenvalue weighted by Gasteiger charge is -2.09. The molecule has 18 heavy (non-hydrogen) atoms. The molecule has 0 saturated carbocycles. The first-order chi connectivity index (χ1) is 8.60. The van der Waals surface area contributed by atoms with Gasteiger partial charge in [0.25, 0.3) is 0 Å². The molecule has 5 heteroatoms. The quantitative estimate of drug-likeness (QED) is 0.700. The van der Waals surface area contributed by atoms with Gasteiger partial charge >= 0.3 is 0 Å². The minimum absolute atomic E-state index is 0.370. The number of ether oxygens (including phenoxy) is 1. The van der Waals surface area contributed by atoms with Crippen LogP contribution >= 0.6 is 39.1 Å². The number of benzene rings is 1. The third-order valence-electron chi connectivity index (χ3n) is 2.31. The average Bonchev–Trinajstić information content (AvgIpc) is 2.34. The maximum absolute atomic E-state index is 6.08. The fraction of sp³-hybridized carbons (Fsp3) is 0.154. The van der Waals surface area contributed by atoms with Gasteiger partial charge in [0.05, 0.1) is 4.47 Å². The highest BCUT2D eigenvalue weighted by Crippen LogP contribution is 2.33. The summed E-state index contributed by atoms with van der Waals surface area (Å²) in [5.41, 5.74) is 2.00. The van der Waals surface area contributed by atoms with Gasteiger partial charge in [-0.1, -0.05) is 17.7 Å². The Bertz CT molecular complexity index is 575. The Morgan fingerprint density at radius 1 is 1.33 bits per heavy atom. The molecule has 0 unspecified atom stereocenters.